The number of halogens is 3. The van der Waals surface area contributed by atoms with Crippen molar-refractivity contribution >= 4 is 23.2 Å². The van der Waals surface area contributed by atoms with Gasteiger partial charge in [0.1, 0.15) is 5.82 Å². The van der Waals surface area contributed by atoms with E-state index in [0.29, 0.717) is 15.6 Å². The third-order valence-electron chi connectivity index (χ3n) is 2.87. The van der Waals surface area contributed by atoms with Crippen molar-refractivity contribution in [3.05, 3.63) is 69.0 Å². The topological polar surface area (TPSA) is 26.0 Å². The summed E-state index contributed by atoms with van der Waals surface area (Å²) in [5.41, 5.74) is 8.03. The van der Waals surface area contributed by atoms with Gasteiger partial charge in [-0.15, -0.1) is 0 Å². The lowest BCUT2D eigenvalue weighted by atomic mass is 9.98. The lowest BCUT2D eigenvalue weighted by Crippen LogP contribution is -2.14. The maximum atomic E-state index is 13.8. The summed E-state index contributed by atoms with van der Waals surface area (Å²) in [6.07, 6.45) is 0. The van der Waals surface area contributed by atoms with Crippen LogP contribution in [-0.4, -0.2) is 0 Å². The van der Waals surface area contributed by atoms with E-state index in [1.165, 1.54) is 6.07 Å². The Kier molecular flexibility index (Phi) is 3.91. The molecular formula is C14H12Cl2FN. The van der Waals surface area contributed by atoms with E-state index in [4.69, 9.17) is 28.9 Å². The van der Waals surface area contributed by atoms with Crippen LogP contribution in [0.3, 0.4) is 0 Å². The average molecular weight is 284 g/mol. The van der Waals surface area contributed by atoms with Crippen LogP contribution in [0.2, 0.25) is 10.0 Å². The summed E-state index contributed by atoms with van der Waals surface area (Å²) in [6, 6.07) is 9.31. The highest BCUT2D eigenvalue weighted by atomic mass is 35.5. The average Bonchev–Trinajstić information content (AvgIpc) is 2.32. The van der Waals surface area contributed by atoms with Crippen molar-refractivity contribution in [3.63, 3.8) is 0 Å². The van der Waals surface area contributed by atoms with Gasteiger partial charge in [0.25, 0.3) is 0 Å². The smallest absolute Gasteiger partial charge is 0.129 e. The van der Waals surface area contributed by atoms with E-state index in [0.717, 1.165) is 11.1 Å². The standard InChI is InChI=1S/C14H12Cl2FN/c1-8-5-6-9(7-11(8)16)14(18)13-10(15)3-2-4-12(13)17/h2-7,14H,18H2,1H3. The van der Waals surface area contributed by atoms with Crippen LogP contribution in [0.4, 0.5) is 4.39 Å². The fourth-order valence-electron chi connectivity index (χ4n) is 1.78. The summed E-state index contributed by atoms with van der Waals surface area (Å²) in [7, 11) is 0. The SMILES string of the molecule is Cc1ccc(C(N)c2c(F)cccc2Cl)cc1Cl. The van der Waals surface area contributed by atoms with Gasteiger partial charge in [-0.3, -0.25) is 0 Å². The van der Waals surface area contributed by atoms with Crippen LogP contribution in [0.25, 0.3) is 0 Å². The Morgan fingerprint density at radius 2 is 1.83 bits per heavy atom. The molecule has 0 fully saturated rings. The highest BCUT2D eigenvalue weighted by Crippen LogP contribution is 2.30. The van der Waals surface area contributed by atoms with E-state index in [9.17, 15) is 4.39 Å². The molecule has 0 spiro atoms. The summed E-state index contributed by atoms with van der Waals surface area (Å²) < 4.78 is 13.8. The minimum atomic E-state index is -0.628. The van der Waals surface area contributed by atoms with Crippen molar-refractivity contribution in [1.82, 2.24) is 0 Å². The molecule has 4 heteroatoms. The van der Waals surface area contributed by atoms with Gasteiger partial charge in [-0.25, -0.2) is 4.39 Å². The number of benzene rings is 2. The van der Waals surface area contributed by atoms with E-state index in [1.807, 2.05) is 19.1 Å². The Bertz CT molecular complexity index is 564. The van der Waals surface area contributed by atoms with E-state index in [2.05, 4.69) is 0 Å². The number of rotatable bonds is 2. The van der Waals surface area contributed by atoms with Gasteiger partial charge in [0.05, 0.1) is 6.04 Å². The van der Waals surface area contributed by atoms with E-state index in [1.54, 1.807) is 18.2 Å². The summed E-state index contributed by atoms with van der Waals surface area (Å²) in [5, 5.41) is 0.926. The molecule has 1 unspecified atom stereocenters. The van der Waals surface area contributed by atoms with Crippen molar-refractivity contribution in [1.29, 1.82) is 0 Å². The van der Waals surface area contributed by atoms with Gasteiger partial charge in [0.15, 0.2) is 0 Å². The van der Waals surface area contributed by atoms with Crippen LogP contribution in [0.15, 0.2) is 36.4 Å². The third-order valence-corrected chi connectivity index (χ3v) is 3.60. The second kappa shape index (κ2) is 5.27. The predicted octanol–water partition coefficient (Wildman–Crippen LogP) is 4.49. The molecule has 0 heterocycles. The van der Waals surface area contributed by atoms with Gasteiger partial charge in [-0.2, -0.15) is 0 Å². The Morgan fingerprint density at radius 1 is 1.11 bits per heavy atom. The van der Waals surface area contributed by atoms with Crippen LogP contribution < -0.4 is 5.73 Å². The number of hydrogen-bond donors (Lipinski definition) is 1. The second-order valence-corrected chi connectivity index (χ2v) is 4.94. The molecule has 1 atom stereocenters. The molecule has 18 heavy (non-hydrogen) atoms. The predicted molar refractivity (Wildman–Crippen MR) is 73.6 cm³/mol. The van der Waals surface area contributed by atoms with E-state index in [-0.39, 0.29) is 0 Å². The van der Waals surface area contributed by atoms with Crippen molar-refractivity contribution in [2.75, 3.05) is 0 Å². The fraction of sp³-hybridized carbons (Fsp3) is 0.143. The molecule has 0 radical (unpaired) electrons. The molecule has 2 aromatic carbocycles. The summed E-state index contributed by atoms with van der Waals surface area (Å²) >= 11 is 12.0. The molecule has 0 saturated heterocycles. The van der Waals surface area contributed by atoms with Crippen molar-refractivity contribution < 1.29 is 4.39 Å². The van der Waals surface area contributed by atoms with Gasteiger partial charge in [0.2, 0.25) is 0 Å². The Balaban J connectivity index is 2.48. The molecule has 0 aliphatic rings. The van der Waals surface area contributed by atoms with Crippen LogP contribution in [0.1, 0.15) is 22.7 Å². The number of hydrogen-bond acceptors (Lipinski definition) is 1. The highest BCUT2D eigenvalue weighted by Gasteiger charge is 2.17. The summed E-state index contributed by atoms with van der Waals surface area (Å²) in [5.74, 6) is -0.410. The van der Waals surface area contributed by atoms with Crippen molar-refractivity contribution in [2.24, 2.45) is 5.73 Å². The molecular weight excluding hydrogens is 272 g/mol. The van der Waals surface area contributed by atoms with Crippen LogP contribution >= 0.6 is 23.2 Å². The molecule has 0 bridgehead atoms. The normalized spacial score (nSPS) is 12.5. The molecule has 2 aromatic rings. The first-order valence-electron chi connectivity index (χ1n) is 5.46. The van der Waals surface area contributed by atoms with Crippen LogP contribution in [0, 0.1) is 12.7 Å². The van der Waals surface area contributed by atoms with Crippen molar-refractivity contribution in [2.45, 2.75) is 13.0 Å². The Labute approximate surface area is 115 Å². The highest BCUT2D eigenvalue weighted by molar-refractivity contribution is 6.31. The van der Waals surface area contributed by atoms with Crippen LogP contribution in [-0.2, 0) is 0 Å². The second-order valence-electron chi connectivity index (χ2n) is 4.12. The first-order valence-corrected chi connectivity index (χ1v) is 6.22. The molecule has 2 N–H and O–H groups in total. The minimum absolute atomic E-state index is 0.291. The zero-order chi connectivity index (χ0) is 13.3. The number of nitrogens with two attached hydrogens (primary N) is 1. The largest absolute Gasteiger partial charge is 0.320 e. The first kappa shape index (κ1) is 13.3. The van der Waals surface area contributed by atoms with E-state index >= 15 is 0 Å². The quantitative estimate of drug-likeness (QED) is 0.864. The molecule has 94 valence electrons. The lowest BCUT2D eigenvalue weighted by Gasteiger charge is -2.16. The minimum Gasteiger partial charge on any atom is -0.320 e. The molecule has 2 rings (SSSR count). The zero-order valence-electron chi connectivity index (χ0n) is 9.75. The monoisotopic (exact) mass is 283 g/mol. The third kappa shape index (κ3) is 2.51. The fourth-order valence-corrected chi connectivity index (χ4v) is 2.25. The Morgan fingerprint density at radius 3 is 2.44 bits per heavy atom. The molecule has 0 aromatic heterocycles. The van der Waals surface area contributed by atoms with Crippen molar-refractivity contribution in [3.8, 4) is 0 Å². The molecule has 1 nitrogen and oxygen atoms in total. The zero-order valence-corrected chi connectivity index (χ0v) is 11.3. The lowest BCUT2D eigenvalue weighted by molar-refractivity contribution is 0.600. The first-order chi connectivity index (χ1) is 8.50. The molecule has 0 amide bonds. The van der Waals surface area contributed by atoms with Gasteiger partial charge in [-0.05, 0) is 36.2 Å². The summed E-state index contributed by atoms with van der Waals surface area (Å²) in [6.45, 7) is 1.90. The maximum absolute atomic E-state index is 13.8. The number of aryl methyl sites for hydroxylation is 1. The molecule has 0 saturated carbocycles. The van der Waals surface area contributed by atoms with E-state index < -0.39 is 11.9 Å². The van der Waals surface area contributed by atoms with Gasteiger partial charge >= 0.3 is 0 Å². The molecule has 0 aliphatic carbocycles. The maximum Gasteiger partial charge on any atom is 0.129 e. The summed E-state index contributed by atoms with van der Waals surface area (Å²) in [4.78, 5) is 0. The van der Waals surface area contributed by atoms with Gasteiger partial charge in [-0.1, -0.05) is 41.4 Å². The molecule has 0 aliphatic heterocycles. The van der Waals surface area contributed by atoms with Gasteiger partial charge < -0.3 is 5.73 Å². The van der Waals surface area contributed by atoms with Gasteiger partial charge in [0, 0.05) is 15.6 Å². The Hall–Kier alpha value is -1.09. The van der Waals surface area contributed by atoms with Crippen LogP contribution in [0.5, 0.6) is 0 Å².